The van der Waals surface area contributed by atoms with E-state index in [0.717, 1.165) is 12.5 Å². The second kappa shape index (κ2) is 4.11. The van der Waals surface area contributed by atoms with E-state index in [-0.39, 0.29) is 10.6 Å². The highest BCUT2D eigenvalue weighted by atomic mass is 32.2. The predicted octanol–water partition coefficient (Wildman–Crippen LogP) is 1.52. The van der Waals surface area contributed by atoms with Gasteiger partial charge < -0.3 is 11.1 Å². The first-order chi connectivity index (χ1) is 8.92. The fraction of sp³-hybridized carbons (Fsp3) is 0.538. The van der Waals surface area contributed by atoms with Gasteiger partial charge in [-0.15, -0.1) is 0 Å². The van der Waals surface area contributed by atoms with Gasteiger partial charge in [0.1, 0.15) is 4.90 Å². The summed E-state index contributed by atoms with van der Waals surface area (Å²) < 4.78 is 22.8. The summed E-state index contributed by atoms with van der Waals surface area (Å²) in [5.41, 5.74) is 7.21. The highest BCUT2D eigenvalue weighted by Crippen LogP contribution is 2.61. The number of primary sulfonamides is 1. The second-order valence-corrected chi connectivity index (χ2v) is 7.28. The molecule has 0 heterocycles. The molecule has 1 aromatic carbocycles. The molecule has 19 heavy (non-hydrogen) atoms. The van der Waals surface area contributed by atoms with Crippen LogP contribution in [0.15, 0.2) is 23.1 Å². The number of nitrogens with two attached hydrogens (primary N) is 2. The van der Waals surface area contributed by atoms with E-state index in [9.17, 15) is 8.42 Å². The average molecular weight is 281 g/mol. The second-order valence-electron chi connectivity index (χ2n) is 5.75. The quantitative estimate of drug-likeness (QED) is 0.713. The van der Waals surface area contributed by atoms with E-state index in [0.29, 0.717) is 11.1 Å². The number of sulfonamides is 1. The molecular weight excluding hydrogens is 262 g/mol. The summed E-state index contributed by atoms with van der Waals surface area (Å²) in [5.74, 6) is 0.850. The highest BCUT2D eigenvalue weighted by Gasteiger charge is 2.53. The largest absolute Gasteiger partial charge is 0.396 e. The summed E-state index contributed by atoms with van der Waals surface area (Å²) in [4.78, 5) is -0.00577. The first-order valence-corrected chi connectivity index (χ1v) is 8.12. The number of para-hydroxylation sites is 1. The van der Waals surface area contributed by atoms with E-state index >= 15 is 0 Å². The maximum atomic E-state index is 11.4. The molecule has 5 N–H and O–H groups in total. The Bertz CT molecular complexity index is 604. The molecule has 2 aliphatic carbocycles. The Morgan fingerprint density at radius 1 is 1.32 bits per heavy atom. The Morgan fingerprint density at radius 2 is 2.00 bits per heavy atom. The third-order valence-corrected chi connectivity index (χ3v) is 5.31. The summed E-state index contributed by atoms with van der Waals surface area (Å²) in [6.45, 7) is 0.871. The fourth-order valence-electron chi connectivity index (χ4n) is 2.80. The molecule has 2 fully saturated rings. The lowest BCUT2D eigenvalue weighted by Gasteiger charge is -2.18. The van der Waals surface area contributed by atoms with E-state index in [4.69, 9.17) is 10.9 Å². The summed E-state index contributed by atoms with van der Waals surface area (Å²) in [6, 6.07) is 4.89. The smallest absolute Gasteiger partial charge is 0.240 e. The van der Waals surface area contributed by atoms with Gasteiger partial charge in [-0.25, -0.2) is 13.6 Å². The first-order valence-electron chi connectivity index (χ1n) is 6.58. The van der Waals surface area contributed by atoms with Crippen molar-refractivity contribution in [1.82, 2.24) is 0 Å². The van der Waals surface area contributed by atoms with Crippen molar-refractivity contribution in [3.05, 3.63) is 18.2 Å². The summed E-state index contributed by atoms with van der Waals surface area (Å²) >= 11 is 0. The molecule has 0 aliphatic heterocycles. The Labute approximate surface area is 113 Å². The van der Waals surface area contributed by atoms with Crippen molar-refractivity contribution in [2.75, 3.05) is 17.6 Å². The normalized spacial score (nSPS) is 21.1. The number of nitrogen functional groups attached to an aromatic ring is 1. The van der Waals surface area contributed by atoms with Gasteiger partial charge in [0.05, 0.1) is 11.4 Å². The van der Waals surface area contributed by atoms with Crippen LogP contribution < -0.4 is 16.2 Å². The lowest BCUT2D eigenvalue weighted by Crippen LogP contribution is -2.19. The van der Waals surface area contributed by atoms with Crippen molar-refractivity contribution < 1.29 is 8.42 Å². The summed E-state index contributed by atoms with van der Waals surface area (Å²) in [6.07, 6.45) is 5.18. The minimum atomic E-state index is -3.76. The van der Waals surface area contributed by atoms with Gasteiger partial charge in [0.15, 0.2) is 0 Å². The van der Waals surface area contributed by atoms with E-state index < -0.39 is 10.0 Å². The molecule has 0 spiro atoms. The number of hydrogen-bond donors (Lipinski definition) is 3. The van der Waals surface area contributed by atoms with Gasteiger partial charge in [0, 0.05) is 6.54 Å². The standard InChI is InChI=1S/C13H19N3O2S/c14-12-10(2-1-3-11(12)19(15,17)18)16-8-13(6-7-13)9-4-5-9/h1-3,9,16H,4-8,14H2,(H2,15,17,18). The molecule has 6 heteroatoms. The van der Waals surface area contributed by atoms with Crippen LogP contribution in [-0.2, 0) is 10.0 Å². The zero-order valence-corrected chi connectivity index (χ0v) is 11.5. The van der Waals surface area contributed by atoms with Gasteiger partial charge in [-0.2, -0.15) is 0 Å². The van der Waals surface area contributed by atoms with Crippen LogP contribution in [0, 0.1) is 11.3 Å². The monoisotopic (exact) mass is 281 g/mol. The van der Waals surface area contributed by atoms with Crippen LogP contribution in [0.3, 0.4) is 0 Å². The third kappa shape index (κ3) is 2.42. The first kappa shape index (κ1) is 12.7. The van der Waals surface area contributed by atoms with Gasteiger partial charge in [-0.05, 0) is 49.1 Å². The summed E-state index contributed by atoms with van der Waals surface area (Å²) in [7, 11) is -3.76. The zero-order chi connectivity index (χ0) is 13.7. The molecule has 0 radical (unpaired) electrons. The fourth-order valence-corrected chi connectivity index (χ4v) is 3.49. The molecule has 1 aromatic rings. The molecule has 2 aliphatic rings. The van der Waals surface area contributed by atoms with Crippen LogP contribution in [0.1, 0.15) is 25.7 Å². The molecule has 2 saturated carbocycles. The van der Waals surface area contributed by atoms with E-state index in [1.165, 1.54) is 31.7 Å². The molecule has 0 unspecified atom stereocenters. The number of benzene rings is 1. The van der Waals surface area contributed by atoms with Crippen LogP contribution >= 0.6 is 0 Å². The lowest BCUT2D eigenvalue weighted by molar-refractivity contribution is 0.467. The maximum Gasteiger partial charge on any atom is 0.240 e. The number of hydrogen-bond acceptors (Lipinski definition) is 4. The zero-order valence-electron chi connectivity index (χ0n) is 10.7. The molecule has 104 valence electrons. The van der Waals surface area contributed by atoms with E-state index in [1.807, 2.05) is 0 Å². The Hall–Kier alpha value is -1.27. The van der Waals surface area contributed by atoms with Crippen molar-refractivity contribution in [1.29, 1.82) is 0 Å². The third-order valence-electron chi connectivity index (χ3n) is 4.34. The van der Waals surface area contributed by atoms with Crippen LogP contribution in [0.4, 0.5) is 11.4 Å². The van der Waals surface area contributed by atoms with Crippen molar-refractivity contribution in [3.8, 4) is 0 Å². The van der Waals surface area contributed by atoms with Gasteiger partial charge >= 0.3 is 0 Å². The number of anilines is 2. The van der Waals surface area contributed by atoms with Gasteiger partial charge in [-0.1, -0.05) is 6.07 Å². The Morgan fingerprint density at radius 3 is 2.53 bits per heavy atom. The van der Waals surface area contributed by atoms with Crippen molar-refractivity contribution in [2.45, 2.75) is 30.6 Å². The topological polar surface area (TPSA) is 98.2 Å². The van der Waals surface area contributed by atoms with E-state index in [2.05, 4.69) is 5.32 Å². The number of rotatable bonds is 5. The molecule has 0 atom stereocenters. The molecular formula is C13H19N3O2S. The van der Waals surface area contributed by atoms with Gasteiger partial charge in [0.25, 0.3) is 0 Å². The molecule has 0 saturated heterocycles. The maximum absolute atomic E-state index is 11.4. The SMILES string of the molecule is Nc1c(NCC2(C3CC3)CC2)cccc1S(N)(=O)=O. The molecule has 3 rings (SSSR count). The molecule has 0 aromatic heterocycles. The van der Waals surface area contributed by atoms with Crippen LogP contribution in [-0.4, -0.2) is 15.0 Å². The number of nitrogens with one attached hydrogen (secondary N) is 1. The molecule has 5 nitrogen and oxygen atoms in total. The minimum Gasteiger partial charge on any atom is -0.396 e. The van der Waals surface area contributed by atoms with Crippen molar-refractivity contribution in [2.24, 2.45) is 16.5 Å². The van der Waals surface area contributed by atoms with Crippen molar-refractivity contribution >= 4 is 21.4 Å². The predicted molar refractivity (Wildman–Crippen MR) is 75.1 cm³/mol. The van der Waals surface area contributed by atoms with E-state index in [1.54, 1.807) is 12.1 Å². The van der Waals surface area contributed by atoms with Crippen LogP contribution in [0.2, 0.25) is 0 Å². The van der Waals surface area contributed by atoms with Crippen LogP contribution in [0.5, 0.6) is 0 Å². The van der Waals surface area contributed by atoms with Gasteiger partial charge in [-0.3, -0.25) is 0 Å². The molecule has 0 bridgehead atoms. The minimum absolute atomic E-state index is 0.00577. The van der Waals surface area contributed by atoms with Crippen LogP contribution in [0.25, 0.3) is 0 Å². The van der Waals surface area contributed by atoms with Crippen molar-refractivity contribution in [3.63, 3.8) is 0 Å². The lowest BCUT2D eigenvalue weighted by atomic mass is 10.0. The average Bonchev–Trinajstić information content (AvgIpc) is 3.19. The molecule has 0 amide bonds. The van der Waals surface area contributed by atoms with Gasteiger partial charge in [0.2, 0.25) is 10.0 Å². The summed E-state index contributed by atoms with van der Waals surface area (Å²) in [5, 5.41) is 8.45. The Balaban J connectivity index is 1.78. The highest BCUT2D eigenvalue weighted by molar-refractivity contribution is 7.89. The Kier molecular flexibility index (Phi) is 2.76.